The van der Waals surface area contributed by atoms with Gasteiger partial charge < -0.3 is 5.32 Å². The number of benzene rings is 1. The second-order valence-corrected chi connectivity index (χ2v) is 5.88. The molecule has 19 heavy (non-hydrogen) atoms. The summed E-state index contributed by atoms with van der Waals surface area (Å²) in [6, 6.07) is 3.72. The quantitative estimate of drug-likeness (QED) is 0.900. The fraction of sp³-hybridized carbons (Fsp3) is 0.400. The highest BCUT2D eigenvalue weighted by Crippen LogP contribution is 2.35. The Balaban J connectivity index is 2.35. The molecule has 0 amide bonds. The second-order valence-electron chi connectivity index (χ2n) is 5.03. The van der Waals surface area contributed by atoms with Gasteiger partial charge in [0.25, 0.3) is 0 Å². The molecule has 1 aliphatic carbocycles. The Morgan fingerprint density at radius 2 is 2.00 bits per heavy atom. The highest BCUT2D eigenvalue weighted by Gasteiger charge is 2.19. The summed E-state index contributed by atoms with van der Waals surface area (Å²) < 4.78 is 0. The smallest absolute Gasteiger partial charge is 0.0738 e. The number of aromatic nitrogens is 1. The molecule has 0 unspecified atom stereocenters. The van der Waals surface area contributed by atoms with Gasteiger partial charge in [0.2, 0.25) is 0 Å². The van der Waals surface area contributed by atoms with Gasteiger partial charge in [0.1, 0.15) is 0 Å². The molecule has 2 aromatic rings. The molecule has 100 valence electrons. The number of aryl methyl sites for hydroxylation is 1. The van der Waals surface area contributed by atoms with Crippen molar-refractivity contribution >= 4 is 34.1 Å². The van der Waals surface area contributed by atoms with Gasteiger partial charge >= 0.3 is 0 Å². The summed E-state index contributed by atoms with van der Waals surface area (Å²) in [5.41, 5.74) is 4.83. The number of rotatable bonds is 2. The van der Waals surface area contributed by atoms with E-state index in [9.17, 15) is 0 Å². The summed E-state index contributed by atoms with van der Waals surface area (Å²) in [6.07, 6.45) is 4.63. The Labute approximate surface area is 123 Å². The van der Waals surface area contributed by atoms with E-state index in [1.165, 1.54) is 29.7 Å². The molecule has 2 nitrogen and oxygen atoms in total. The van der Waals surface area contributed by atoms with E-state index in [0.29, 0.717) is 10.0 Å². The van der Waals surface area contributed by atoms with Crippen molar-refractivity contribution in [1.29, 1.82) is 0 Å². The van der Waals surface area contributed by atoms with E-state index in [-0.39, 0.29) is 0 Å². The molecule has 3 rings (SSSR count). The fourth-order valence-electron chi connectivity index (χ4n) is 2.95. The van der Waals surface area contributed by atoms with E-state index in [0.717, 1.165) is 30.3 Å². The monoisotopic (exact) mass is 294 g/mol. The number of hydrogen-bond donors (Lipinski definition) is 1. The Kier molecular flexibility index (Phi) is 3.66. The Morgan fingerprint density at radius 1 is 1.21 bits per heavy atom. The van der Waals surface area contributed by atoms with Gasteiger partial charge in [0.15, 0.2) is 0 Å². The van der Waals surface area contributed by atoms with Crippen molar-refractivity contribution in [3.63, 3.8) is 0 Å². The van der Waals surface area contributed by atoms with Crippen LogP contribution in [0.5, 0.6) is 0 Å². The van der Waals surface area contributed by atoms with Crippen LogP contribution in [0.2, 0.25) is 10.0 Å². The first kappa shape index (κ1) is 13.2. The largest absolute Gasteiger partial charge is 0.316 e. The van der Waals surface area contributed by atoms with Crippen LogP contribution in [0.4, 0.5) is 0 Å². The molecule has 0 aliphatic heterocycles. The molecular formula is C15H16Cl2N2. The van der Waals surface area contributed by atoms with E-state index < -0.39 is 0 Å². The minimum Gasteiger partial charge on any atom is -0.316 e. The third-order valence-electron chi connectivity index (χ3n) is 3.75. The van der Waals surface area contributed by atoms with Gasteiger partial charge in [0.05, 0.1) is 10.5 Å². The SMILES string of the molecule is CNCc1c2c(nc3cc(Cl)cc(Cl)c13)CCCC2. The van der Waals surface area contributed by atoms with Crippen LogP contribution < -0.4 is 5.32 Å². The summed E-state index contributed by atoms with van der Waals surface area (Å²) >= 11 is 12.5. The summed E-state index contributed by atoms with van der Waals surface area (Å²) in [6.45, 7) is 0.822. The van der Waals surface area contributed by atoms with Crippen LogP contribution in [0.1, 0.15) is 29.7 Å². The van der Waals surface area contributed by atoms with E-state index in [2.05, 4.69) is 5.32 Å². The maximum absolute atomic E-state index is 6.39. The summed E-state index contributed by atoms with van der Waals surface area (Å²) in [7, 11) is 1.96. The zero-order valence-corrected chi connectivity index (χ0v) is 12.4. The van der Waals surface area contributed by atoms with Crippen LogP contribution >= 0.6 is 23.2 Å². The van der Waals surface area contributed by atoms with Gasteiger partial charge in [-0.15, -0.1) is 0 Å². The van der Waals surface area contributed by atoms with Gasteiger partial charge in [-0.3, -0.25) is 4.98 Å². The first-order valence-electron chi connectivity index (χ1n) is 6.64. The normalized spacial score (nSPS) is 14.7. The molecule has 1 N–H and O–H groups in total. The first-order valence-corrected chi connectivity index (χ1v) is 7.40. The number of fused-ring (bicyclic) bond motifs is 2. The van der Waals surface area contributed by atoms with Crippen molar-refractivity contribution in [2.75, 3.05) is 7.05 Å². The lowest BCUT2D eigenvalue weighted by molar-refractivity contribution is 0.659. The summed E-state index contributed by atoms with van der Waals surface area (Å²) in [5.74, 6) is 0. The minimum absolute atomic E-state index is 0.649. The summed E-state index contributed by atoms with van der Waals surface area (Å²) in [4.78, 5) is 4.78. The molecular weight excluding hydrogens is 279 g/mol. The second kappa shape index (κ2) is 5.28. The number of hydrogen-bond acceptors (Lipinski definition) is 2. The Bertz CT molecular complexity index is 638. The van der Waals surface area contributed by atoms with Crippen molar-refractivity contribution in [2.24, 2.45) is 0 Å². The van der Waals surface area contributed by atoms with Crippen molar-refractivity contribution in [2.45, 2.75) is 32.2 Å². The van der Waals surface area contributed by atoms with Crippen molar-refractivity contribution < 1.29 is 0 Å². The number of nitrogens with one attached hydrogen (secondary N) is 1. The van der Waals surface area contributed by atoms with Crippen LogP contribution in [0.25, 0.3) is 10.9 Å². The van der Waals surface area contributed by atoms with Crippen molar-refractivity contribution in [1.82, 2.24) is 10.3 Å². The third-order valence-corrected chi connectivity index (χ3v) is 4.26. The number of nitrogens with zero attached hydrogens (tertiary/aromatic N) is 1. The predicted molar refractivity (Wildman–Crippen MR) is 81.2 cm³/mol. The molecule has 1 aromatic carbocycles. The van der Waals surface area contributed by atoms with Gasteiger partial charge in [-0.1, -0.05) is 23.2 Å². The van der Waals surface area contributed by atoms with Crippen LogP contribution in [-0.2, 0) is 19.4 Å². The molecule has 1 aromatic heterocycles. The molecule has 0 saturated carbocycles. The van der Waals surface area contributed by atoms with Crippen LogP contribution in [-0.4, -0.2) is 12.0 Å². The van der Waals surface area contributed by atoms with Crippen LogP contribution in [0.15, 0.2) is 12.1 Å². The lowest BCUT2D eigenvalue weighted by atomic mass is 9.90. The van der Waals surface area contributed by atoms with Gasteiger partial charge in [-0.05, 0) is 56.0 Å². The maximum atomic E-state index is 6.39. The minimum atomic E-state index is 0.649. The van der Waals surface area contributed by atoms with Crippen LogP contribution in [0, 0.1) is 0 Å². The highest BCUT2D eigenvalue weighted by molar-refractivity contribution is 6.38. The number of halogens is 2. The van der Waals surface area contributed by atoms with E-state index >= 15 is 0 Å². The lowest BCUT2D eigenvalue weighted by Crippen LogP contribution is -2.14. The van der Waals surface area contributed by atoms with Gasteiger partial charge in [-0.2, -0.15) is 0 Å². The van der Waals surface area contributed by atoms with Crippen molar-refractivity contribution in [3.8, 4) is 0 Å². The average Bonchev–Trinajstić information content (AvgIpc) is 2.38. The molecule has 1 heterocycles. The average molecular weight is 295 g/mol. The van der Waals surface area contributed by atoms with E-state index in [1.807, 2.05) is 19.2 Å². The molecule has 1 aliphatic rings. The molecule has 0 spiro atoms. The van der Waals surface area contributed by atoms with Gasteiger partial charge in [-0.25, -0.2) is 0 Å². The Hall–Kier alpha value is -0.830. The summed E-state index contributed by atoms with van der Waals surface area (Å²) in [5, 5.41) is 5.66. The molecule has 4 heteroatoms. The third kappa shape index (κ3) is 2.33. The number of pyridine rings is 1. The predicted octanol–water partition coefficient (Wildman–Crippen LogP) is 4.14. The standard InChI is InChI=1S/C15H16Cl2N2/c1-18-8-11-10-4-2-3-5-13(10)19-14-7-9(16)6-12(17)15(11)14/h6-7,18H,2-5,8H2,1H3. The molecule has 0 bridgehead atoms. The highest BCUT2D eigenvalue weighted by atomic mass is 35.5. The fourth-order valence-corrected chi connectivity index (χ4v) is 3.55. The maximum Gasteiger partial charge on any atom is 0.0738 e. The zero-order valence-electron chi connectivity index (χ0n) is 10.9. The molecule has 0 radical (unpaired) electrons. The van der Waals surface area contributed by atoms with E-state index in [1.54, 1.807) is 0 Å². The van der Waals surface area contributed by atoms with E-state index in [4.69, 9.17) is 28.2 Å². The van der Waals surface area contributed by atoms with Gasteiger partial charge in [0, 0.05) is 22.6 Å². The van der Waals surface area contributed by atoms with Crippen molar-refractivity contribution in [3.05, 3.63) is 39.0 Å². The zero-order chi connectivity index (χ0) is 13.4. The van der Waals surface area contributed by atoms with Crippen LogP contribution in [0.3, 0.4) is 0 Å². The molecule has 0 atom stereocenters. The first-order chi connectivity index (χ1) is 9.20. The lowest BCUT2D eigenvalue weighted by Gasteiger charge is -2.21. The molecule has 0 saturated heterocycles. The molecule has 0 fully saturated rings. The topological polar surface area (TPSA) is 24.9 Å². The Morgan fingerprint density at radius 3 is 2.79 bits per heavy atom.